The molecule has 0 atom stereocenters. The van der Waals surface area contributed by atoms with Crippen molar-refractivity contribution in [2.24, 2.45) is 0 Å². The van der Waals surface area contributed by atoms with Crippen molar-refractivity contribution < 1.29 is 49.4 Å². The van der Waals surface area contributed by atoms with Crippen LogP contribution in [0.3, 0.4) is 0 Å². The smallest absolute Gasteiger partial charge is 0 e. The summed E-state index contributed by atoms with van der Waals surface area (Å²) in [7, 11) is 3.57. The predicted molar refractivity (Wildman–Crippen MR) is 102 cm³/mol. The Morgan fingerprint density at radius 2 is 0.963 bits per heavy atom. The van der Waals surface area contributed by atoms with Crippen molar-refractivity contribution in [3.63, 3.8) is 0 Å². The van der Waals surface area contributed by atoms with Crippen molar-refractivity contribution in [3.05, 3.63) is 39.7 Å². The summed E-state index contributed by atoms with van der Waals surface area (Å²) >= 11 is 0. The van der Waals surface area contributed by atoms with Crippen LogP contribution in [0, 0.1) is 39.7 Å². The summed E-state index contributed by atoms with van der Waals surface area (Å²) < 4.78 is 37.8. The van der Waals surface area contributed by atoms with Crippen LogP contribution in [0.4, 0.5) is 0 Å². The number of hydrogen-bond donors (Lipinski definition) is 0. The van der Waals surface area contributed by atoms with Gasteiger partial charge in [0.05, 0.1) is 26.2 Å². The Balaban J connectivity index is -0.0000000398. The maximum absolute atomic E-state index is 7.50. The van der Waals surface area contributed by atoms with Gasteiger partial charge in [-0.05, 0) is 47.5 Å². The van der Waals surface area contributed by atoms with E-state index >= 15 is 0 Å². The fraction of sp³-hybridized carbons (Fsp3) is 0.667. The zero-order valence-electron chi connectivity index (χ0n) is 17.9. The standard InChI is InChI=1S/C8H20N.C4H7.C3H9O3P.3CO.Cr/c1-5-9(6-2,7-3)8-4;1-3-4-2;1-4-7(5-2)6-3;3*1-2;/h5-8H2,1-4H3;3-4H,1H2,2H3;1-3H3;;;;/q+1;;;;;;. The molecule has 0 saturated heterocycles. The monoisotopic (exact) mass is 445 g/mol. The Morgan fingerprint density at radius 1 is 0.778 bits per heavy atom. The third-order valence-corrected chi connectivity index (χ3v) is 4.26. The molecule has 0 heterocycles. The maximum atomic E-state index is 7.50. The summed E-state index contributed by atoms with van der Waals surface area (Å²) in [5.41, 5.74) is 0. The van der Waals surface area contributed by atoms with Gasteiger partial charge in [-0.3, -0.25) is 0 Å². The molecule has 7 nitrogen and oxygen atoms in total. The Bertz CT molecular complexity index is 231. The summed E-state index contributed by atoms with van der Waals surface area (Å²) in [6.45, 7) is 33.1. The molecular weight excluding hydrogens is 409 g/mol. The van der Waals surface area contributed by atoms with Crippen LogP contribution in [0.5, 0.6) is 0 Å². The zero-order chi connectivity index (χ0) is 22.4. The summed E-state index contributed by atoms with van der Waals surface area (Å²) in [5, 5.41) is 0. The van der Waals surface area contributed by atoms with Crippen molar-refractivity contribution in [2.75, 3.05) is 47.5 Å². The molecule has 0 aromatic carbocycles. The Hall–Kier alpha value is 0.0225. The molecular formula is C18H36CrNO6P+. The Kier molecular flexibility index (Phi) is 84.8. The number of rotatable bonds is 8. The first-order valence-corrected chi connectivity index (χ1v) is 8.89. The van der Waals surface area contributed by atoms with E-state index in [4.69, 9.17) is 14.0 Å². The van der Waals surface area contributed by atoms with Gasteiger partial charge in [-0.2, -0.15) is 0 Å². The summed E-state index contributed by atoms with van der Waals surface area (Å²) in [4.78, 5) is 0. The van der Waals surface area contributed by atoms with Crippen molar-refractivity contribution in [3.8, 4) is 0 Å². The first kappa shape index (κ1) is 45.6. The molecule has 0 saturated carbocycles. The molecule has 0 aliphatic heterocycles. The van der Waals surface area contributed by atoms with E-state index in [1.165, 1.54) is 30.7 Å². The van der Waals surface area contributed by atoms with E-state index in [2.05, 4.69) is 68.1 Å². The van der Waals surface area contributed by atoms with Crippen molar-refractivity contribution in [2.45, 2.75) is 34.6 Å². The molecule has 159 valence electrons. The van der Waals surface area contributed by atoms with Crippen LogP contribution >= 0.6 is 8.60 Å². The van der Waals surface area contributed by atoms with Crippen molar-refractivity contribution in [1.82, 2.24) is 0 Å². The van der Waals surface area contributed by atoms with Gasteiger partial charge in [0.25, 0.3) is 0 Å². The van der Waals surface area contributed by atoms with Gasteiger partial charge in [0.2, 0.25) is 0 Å². The second kappa shape index (κ2) is 50.2. The third-order valence-electron chi connectivity index (χ3n) is 3.37. The normalized spacial score (nSPS) is 8.00. The van der Waals surface area contributed by atoms with E-state index < -0.39 is 8.60 Å². The largest absolute Gasteiger partial charge is 0.0620 e. The molecule has 0 spiro atoms. The average molecular weight is 445 g/mol. The van der Waals surface area contributed by atoms with Crippen LogP contribution in [0.15, 0.2) is 0 Å². The van der Waals surface area contributed by atoms with Crippen LogP contribution < -0.4 is 0 Å². The number of unbranched alkanes of at least 4 members (excludes halogenated alkanes) is 1. The van der Waals surface area contributed by atoms with E-state index in [-0.39, 0.29) is 17.4 Å². The number of nitrogens with zero attached hydrogens (tertiary/aromatic N) is 1. The fourth-order valence-electron chi connectivity index (χ4n) is 1.57. The van der Waals surface area contributed by atoms with Gasteiger partial charge >= 0.3 is 42.5 Å². The van der Waals surface area contributed by atoms with Gasteiger partial charge in [0.1, 0.15) is 0 Å². The minimum atomic E-state index is -1.05. The maximum Gasteiger partial charge on any atom is 0 e. The summed E-state index contributed by atoms with van der Waals surface area (Å²) in [5.74, 6) is 0. The second-order valence-corrected chi connectivity index (χ2v) is 5.49. The van der Waals surface area contributed by atoms with Gasteiger partial charge in [-0.15, -0.1) is 0 Å². The molecule has 0 rings (SSSR count). The summed E-state index contributed by atoms with van der Waals surface area (Å²) in [6.07, 6.45) is 3.64. The van der Waals surface area contributed by atoms with Gasteiger partial charge in [0, 0.05) is 38.7 Å². The van der Waals surface area contributed by atoms with E-state index in [1.807, 2.05) is 13.3 Å². The Morgan fingerprint density at radius 3 is 0.963 bits per heavy atom. The van der Waals surface area contributed by atoms with E-state index in [9.17, 15) is 0 Å². The molecule has 0 amide bonds. The summed E-state index contributed by atoms with van der Waals surface area (Å²) in [6, 6.07) is 0. The molecule has 0 N–H and O–H groups in total. The van der Waals surface area contributed by atoms with E-state index in [0.717, 1.165) is 0 Å². The quantitative estimate of drug-likeness (QED) is 0.243. The van der Waals surface area contributed by atoms with Gasteiger partial charge in [-0.25, -0.2) is 0 Å². The van der Waals surface area contributed by atoms with E-state index in [1.54, 1.807) is 27.8 Å². The van der Waals surface area contributed by atoms with Crippen LogP contribution in [0.2, 0.25) is 0 Å². The minimum Gasteiger partial charge on any atom is -0.0620 e. The van der Waals surface area contributed by atoms with Gasteiger partial charge in [-0.1, -0.05) is 6.92 Å². The zero-order valence-corrected chi connectivity index (χ0v) is 20.1. The number of quaternary nitrogens is 1. The van der Waals surface area contributed by atoms with Gasteiger partial charge in [0.15, 0.2) is 0 Å². The van der Waals surface area contributed by atoms with Gasteiger partial charge < -0.3 is 18.1 Å². The van der Waals surface area contributed by atoms with Crippen molar-refractivity contribution >= 4 is 8.60 Å². The van der Waals surface area contributed by atoms with Crippen LogP contribution in [-0.4, -0.2) is 52.0 Å². The molecule has 0 fully saturated rings. The molecule has 27 heavy (non-hydrogen) atoms. The minimum absolute atomic E-state index is 0. The molecule has 3 radical (unpaired) electrons. The third kappa shape index (κ3) is 41.5. The molecule has 0 aromatic heterocycles. The van der Waals surface area contributed by atoms with Crippen molar-refractivity contribution in [1.29, 1.82) is 0 Å². The first-order valence-electron chi connectivity index (χ1n) is 7.80. The fourth-order valence-corrected chi connectivity index (χ4v) is 2.01. The molecule has 0 unspecified atom stereocenters. The Labute approximate surface area is 180 Å². The molecule has 0 aromatic rings. The molecule has 0 bridgehead atoms. The SMILES string of the molecule is CC[N+](CC)(CC)CC.COP(OC)OC.[C-]#[O+].[C-]#[O+].[C-]#[O+].[CH2][CH][CH]C.[Cr]. The average Bonchev–Trinajstić information content (AvgIpc) is 2.76. The van der Waals surface area contributed by atoms with Crippen LogP contribution in [-0.2, 0) is 44.9 Å². The van der Waals surface area contributed by atoms with E-state index in [0.29, 0.717) is 0 Å². The predicted octanol–water partition coefficient (Wildman–Crippen LogP) is 4.17. The first-order chi connectivity index (χ1) is 12.5. The molecule has 0 aliphatic carbocycles. The molecule has 0 aliphatic rings. The van der Waals surface area contributed by atoms with Crippen LogP contribution in [0.1, 0.15) is 34.6 Å². The van der Waals surface area contributed by atoms with Crippen LogP contribution in [0.25, 0.3) is 0 Å². The topological polar surface area (TPSA) is 87.4 Å². The molecule has 9 heteroatoms. The second-order valence-electron chi connectivity index (χ2n) is 3.95. The number of hydrogen-bond acceptors (Lipinski definition) is 3.